The maximum absolute atomic E-state index is 12.7. The summed E-state index contributed by atoms with van der Waals surface area (Å²) in [6.45, 7) is 3.81. The Labute approximate surface area is 142 Å². The largest absolute Gasteiger partial charge is 0.366 e. The zero-order valence-corrected chi connectivity index (χ0v) is 14.0. The number of primary amides is 1. The van der Waals surface area contributed by atoms with E-state index in [0.717, 1.165) is 44.2 Å². The standard InChI is InChI=1S/C19H25N3O2/c20-18(23)14-6-4-13(5-7-14)16-12-17(16)19(24)22-10-8-21(9-11-22)15-2-1-3-15/h4-7,15-17H,1-3,8-12H2,(H2,20,23)/t16-,17+/m0/s1. The van der Waals surface area contributed by atoms with E-state index in [0.29, 0.717) is 17.4 Å². The molecule has 24 heavy (non-hydrogen) atoms. The molecule has 0 radical (unpaired) electrons. The molecule has 3 fully saturated rings. The highest BCUT2D eigenvalue weighted by molar-refractivity contribution is 5.92. The lowest BCUT2D eigenvalue weighted by molar-refractivity contribution is -0.135. The van der Waals surface area contributed by atoms with Crippen molar-refractivity contribution in [3.05, 3.63) is 35.4 Å². The predicted octanol–water partition coefficient (Wildman–Crippen LogP) is 1.59. The normalized spacial score (nSPS) is 27.6. The molecule has 2 atom stereocenters. The molecule has 1 heterocycles. The summed E-state index contributed by atoms with van der Waals surface area (Å²) < 4.78 is 0. The van der Waals surface area contributed by atoms with Crippen LogP contribution in [-0.2, 0) is 4.79 Å². The molecule has 0 spiro atoms. The monoisotopic (exact) mass is 327 g/mol. The van der Waals surface area contributed by atoms with Crippen LogP contribution in [0.1, 0.15) is 47.5 Å². The molecule has 0 unspecified atom stereocenters. The van der Waals surface area contributed by atoms with E-state index in [1.807, 2.05) is 12.1 Å². The van der Waals surface area contributed by atoms with E-state index in [4.69, 9.17) is 5.73 Å². The highest BCUT2D eigenvalue weighted by Crippen LogP contribution is 2.48. The molecule has 1 aromatic rings. The first-order valence-electron chi connectivity index (χ1n) is 9.06. The molecule has 2 amide bonds. The molecule has 5 nitrogen and oxygen atoms in total. The van der Waals surface area contributed by atoms with Gasteiger partial charge in [-0.25, -0.2) is 0 Å². The fourth-order valence-corrected chi connectivity index (χ4v) is 4.02. The number of hydrogen-bond acceptors (Lipinski definition) is 3. The van der Waals surface area contributed by atoms with E-state index in [9.17, 15) is 9.59 Å². The van der Waals surface area contributed by atoms with Gasteiger partial charge in [0.15, 0.2) is 0 Å². The van der Waals surface area contributed by atoms with E-state index in [2.05, 4.69) is 9.80 Å². The van der Waals surface area contributed by atoms with E-state index in [-0.39, 0.29) is 5.92 Å². The molecule has 1 aliphatic heterocycles. The molecule has 1 saturated heterocycles. The van der Waals surface area contributed by atoms with Crippen molar-refractivity contribution in [2.24, 2.45) is 11.7 Å². The molecule has 2 N–H and O–H groups in total. The smallest absolute Gasteiger partial charge is 0.248 e. The van der Waals surface area contributed by atoms with Gasteiger partial charge in [-0.1, -0.05) is 18.6 Å². The summed E-state index contributed by atoms with van der Waals surface area (Å²) in [5.41, 5.74) is 6.94. The fraction of sp³-hybridized carbons (Fsp3) is 0.579. The predicted molar refractivity (Wildman–Crippen MR) is 91.6 cm³/mol. The van der Waals surface area contributed by atoms with Crippen molar-refractivity contribution in [3.63, 3.8) is 0 Å². The van der Waals surface area contributed by atoms with E-state index < -0.39 is 5.91 Å². The average Bonchev–Trinajstić information content (AvgIpc) is 3.34. The molecular formula is C19H25N3O2. The van der Waals surface area contributed by atoms with E-state index in [1.54, 1.807) is 12.1 Å². The highest BCUT2D eigenvalue weighted by atomic mass is 16.2. The number of hydrogen-bond donors (Lipinski definition) is 1. The van der Waals surface area contributed by atoms with Crippen LogP contribution in [0.5, 0.6) is 0 Å². The zero-order chi connectivity index (χ0) is 16.7. The second kappa shape index (κ2) is 6.20. The van der Waals surface area contributed by atoms with Crippen molar-refractivity contribution in [1.82, 2.24) is 9.80 Å². The Morgan fingerprint density at radius 1 is 1.00 bits per heavy atom. The molecule has 0 aromatic heterocycles. The minimum Gasteiger partial charge on any atom is -0.366 e. The van der Waals surface area contributed by atoms with Crippen LogP contribution in [0.25, 0.3) is 0 Å². The Balaban J connectivity index is 1.31. The third kappa shape index (κ3) is 2.93. The maximum Gasteiger partial charge on any atom is 0.248 e. The number of nitrogens with two attached hydrogens (primary N) is 1. The van der Waals surface area contributed by atoms with Gasteiger partial charge in [0, 0.05) is 43.7 Å². The molecule has 3 aliphatic rings. The first-order chi connectivity index (χ1) is 11.6. The van der Waals surface area contributed by atoms with Crippen molar-refractivity contribution < 1.29 is 9.59 Å². The molecule has 4 rings (SSSR count). The number of amides is 2. The summed E-state index contributed by atoms with van der Waals surface area (Å²) in [6, 6.07) is 8.17. The summed E-state index contributed by atoms with van der Waals surface area (Å²) in [4.78, 5) is 28.5. The van der Waals surface area contributed by atoms with E-state index >= 15 is 0 Å². The van der Waals surface area contributed by atoms with Crippen LogP contribution >= 0.6 is 0 Å². The van der Waals surface area contributed by atoms with Gasteiger partial charge in [0.1, 0.15) is 0 Å². The molecule has 2 aliphatic carbocycles. The lowest BCUT2D eigenvalue weighted by Crippen LogP contribution is -2.53. The summed E-state index contributed by atoms with van der Waals surface area (Å²) in [7, 11) is 0. The van der Waals surface area contributed by atoms with Crippen molar-refractivity contribution in [2.45, 2.75) is 37.6 Å². The third-order valence-electron chi connectivity index (χ3n) is 5.95. The summed E-state index contributed by atoms with van der Waals surface area (Å²) in [5, 5.41) is 0. The Morgan fingerprint density at radius 3 is 2.21 bits per heavy atom. The molecule has 128 valence electrons. The van der Waals surface area contributed by atoms with Crippen LogP contribution in [-0.4, -0.2) is 53.8 Å². The second-order valence-corrected chi connectivity index (χ2v) is 7.38. The van der Waals surface area contributed by atoms with Gasteiger partial charge in [-0.2, -0.15) is 0 Å². The van der Waals surface area contributed by atoms with Crippen LogP contribution in [0.4, 0.5) is 0 Å². The van der Waals surface area contributed by atoms with Gasteiger partial charge >= 0.3 is 0 Å². The minimum absolute atomic E-state index is 0.125. The number of piperazine rings is 1. The molecular weight excluding hydrogens is 302 g/mol. The van der Waals surface area contributed by atoms with Crippen molar-refractivity contribution in [2.75, 3.05) is 26.2 Å². The van der Waals surface area contributed by atoms with Gasteiger partial charge in [-0.3, -0.25) is 14.5 Å². The summed E-state index contributed by atoms with van der Waals surface area (Å²) >= 11 is 0. The van der Waals surface area contributed by atoms with Crippen LogP contribution < -0.4 is 5.73 Å². The highest BCUT2D eigenvalue weighted by Gasteiger charge is 2.46. The van der Waals surface area contributed by atoms with Crippen molar-refractivity contribution in [1.29, 1.82) is 0 Å². The topological polar surface area (TPSA) is 66.6 Å². The Bertz CT molecular complexity index is 631. The van der Waals surface area contributed by atoms with Crippen LogP contribution in [0.3, 0.4) is 0 Å². The van der Waals surface area contributed by atoms with Crippen molar-refractivity contribution in [3.8, 4) is 0 Å². The van der Waals surface area contributed by atoms with Crippen LogP contribution in [0.2, 0.25) is 0 Å². The van der Waals surface area contributed by atoms with Crippen LogP contribution in [0, 0.1) is 5.92 Å². The van der Waals surface area contributed by atoms with Crippen molar-refractivity contribution >= 4 is 11.8 Å². The minimum atomic E-state index is -0.408. The van der Waals surface area contributed by atoms with E-state index in [1.165, 1.54) is 19.3 Å². The quantitative estimate of drug-likeness (QED) is 0.913. The summed E-state index contributed by atoms with van der Waals surface area (Å²) in [6.07, 6.45) is 4.96. The van der Waals surface area contributed by atoms with Gasteiger partial charge in [-0.15, -0.1) is 0 Å². The first kappa shape index (κ1) is 15.6. The number of rotatable bonds is 4. The first-order valence-corrected chi connectivity index (χ1v) is 9.06. The molecule has 0 bridgehead atoms. The Morgan fingerprint density at radius 2 is 1.67 bits per heavy atom. The maximum atomic E-state index is 12.7. The molecule has 5 heteroatoms. The molecule has 1 aromatic carbocycles. The van der Waals surface area contributed by atoms with Gasteiger partial charge in [-0.05, 0) is 42.9 Å². The third-order valence-corrected chi connectivity index (χ3v) is 5.95. The number of carbonyl (C=O) groups is 2. The number of carbonyl (C=O) groups excluding carboxylic acids is 2. The lowest BCUT2D eigenvalue weighted by atomic mass is 9.91. The Kier molecular flexibility index (Phi) is 4.04. The number of nitrogens with zero attached hydrogens (tertiary/aromatic N) is 2. The Hall–Kier alpha value is -1.88. The van der Waals surface area contributed by atoms with Gasteiger partial charge in [0.2, 0.25) is 11.8 Å². The SMILES string of the molecule is NC(=O)c1ccc([C@@H]2C[C@H]2C(=O)N2CCN(C3CCC3)CC2)cc1. The van der Waals surface area contributed by atoms with Gasteiger partial charge in [0.25, 0.3) is 0 Å². The zero-order valence-electron chi connectivity index (χ0n) is 14.0. The molecule has 2 saturated carbocycles. The van der Waals surface area contributed by atoms with Crippen LogP contribution in [0.15, 0.2) is 24.3 Å². The average molecular weight is 327 g/mol. The number of benzene rings is 1. The summed E-state index contributed by atoms with van der Waals surface area (Å²) in [5.74, 6) is 0.338. The second-order valence-electron chi connectivity index (χ2n) is 7.38. The van der Waals surface area contributed by atoms with Gasteiger partial charge in [0.05, 0.1) is 0 Å². The van der Waals surface area contributed by atoms with Gasteiger partial charge < -0.3 is 10.6 Å². The fourth-order valence-electron chi connectivity index (χ4n) is 4.02. The lowest BCUT2D eigenvalue weighted by Gasteiger charge is -2.43.